The van der Waals surface area contributed by atoms with Crippen molar-refractivity contribution in [2.24, 2.45) is 0 Å². The third-order valence-electron chi connectivity index (χ3n) is 5.42. The summed E-state index contributed by atoms with van der Waals surface area (Å²) in [6.07, 6.45) is 7.73. The van der Waals surface area contributed by atoms with Crippen molar-refractivity contribution in [2.75, 3.05) is 18.3 Å². The van der Waals surface area contributed by atoms with Gasteiger partial charge in [0.1, 0.15) is 33.0 Å². The molecule has 2 aromatic rings. The van der Waals surface area contributed by atoms with Gasteiger partial charge in [0.15, 0.2) is 0 Å². The van der Waals surface area contributed by atoms with Gasteiger partial charge < -0.3 is 14.4 Å². The van der Waals surface area contributed by atoms with Crippen molar-refractivity contribution in [3.05, 3.63) is 52.6 Å². The lowest BCUT2D eigenvalue weighted by molar-refractivity contribution is 0.0610. The zero-order valence-corrected chi connectivity index (χ0v) is 20.2. The van der Waals surface area contributed by atoms with Gasteiger partial charge in [0.05, 0.1) is 17.4 Å². The van der Waals surface area contributed by atoms with Gasteiger partial charge in [0.2, 0.25) is 0 Å². The summed E-state index contributed by atoms with van der Waals surface area (Å²) in [6, 6.07) is 7.61. The summed E-state index contributed by atoms with van der Waals surface area (Å²) >= 11 is 0. The number of aryl methyl sites for hydroxylation is 2. The van der Waals surface area contributed by atoms with E-state index in [0.717, 1.165) is 41.7 Å². The van der Waals surface area contributed by atoms with Crippen molar-refractivity contribution in [2.45, 2.75) is 57.5 Å². The van der Waals surface area contributed by atoms with Crippen molar-refractivity contribution in [3.63, 3.8) is 0 Å². The number of fused-ring (bicyclic) bond motifs is 1. The van der Waals surface area contributed by atoms with Crippen LogP contribution in [0.25, 0.3) is 0 Å². The standard InChI is InChI=1S/C16H24O2S.C7H8O3S/c1-11-10-14(17)12(2)13-6-7-16(3,18-15(11)13)8-9-19(4)5;1-6-2-4-7(5-3-6)11(8,9)10/h10H,6-9H2,1-5H3;2-5H,1H3,(H,8,9,10). The monoisotopic (exact) mass is 452 g/mol. The number of benzene rings is 2. The number of aromatic hydroxyl groups is 1. The molecular formula is C23H32O5S2. The zero-order chi connectivity index (χ0) is 22.7. The van der Waals surface area contributed by atoms with Crippen molar-refractivity contribution in [1.82, 2.24) is 0 Å². The van der Waals surface area contributed by atoms with E-state index in [-0.39, 0.29) is 10.5 Å². The quantitative estimate of drug-likeness (QED) is 0.553. The molecular weight excluding hydrogens is 420 g/mol. The van der Waals surface area contributed by atoms with Gasteiger partial charge in [-0.25, -0.2) is 8.42 Å². The molecule has 7 heteroatoms. The molecule has 0 aliphatic carbocycles. The van der Waals surface area contributed by atoms with Gasteiger partial charge in [-0.1, -0.05) is 17.7 Å². The molecule has 1 atom stereocenters. The van der Waals surface area contributed by atoms with Crippen LogP contribution in [0.3, 0.4) is 0 Å². The molecule has 1 aliphatic heterocycles. The minimum atomic E-state index is -4.27. The van der Waals surface area contributed by atoms with E-state index in [1.165, 1.54) is 23.4 Å². The predicted octanol–water partition coefficient (Wildman–Crippen LogP) is 4.26. The lowest BCUT2D eigenvalue weighted by atomic mass is 9.87. The van der Waals surface area contributed by atoms with Crippen LogP contribution in [0.15, 0.2) is 35.2 Å². The number of phenols is 1. The van der Waals surface area contributed by atoms with Gasteiger partial charge in [-0.05, 0) is 80.8 Å². The van der Waals surface area contributed by atoms with Crippen molar-refractivity contribution in [3.8, 4) is 11.5 Å². The van der Waals surface area contributed by atoms with Crippen LogP contribution in [-0.4, -0.2) is 41.9 Å². The van der Waals surface area contributed by atoms with Crippen LogP contribution in [-0.2, 0) is 27.4 Å². The first-order valence-electron chi connectivity index (χ1n) is 9.90. The molecule has 1 unspecified atom stereocenters. The van der Waals surface area contributed by atoms with E-state index in [1.54, 1.807) is 12.1 Å². The highest BCUT2D eigenvalue weighted by Crippen LogP contribution is 2.41. The van der Waals surface area contributed by atoms with E-state index < -0.39 is 10.1 Å². The fraction of sp³-hybridized carbons (Fsp3) is 0.478. The number of rotatable bonds is 4. The van der Waals surface area contributed by atoms with E-state index in [1.807, 2.05) is 26.8 Å². The molecule has 0 saturated heterocycles. The van der Waals surface area contributed by atoms with Crippen molar-refractivity contribution in [1.29, 1.82) is 0 Å². The Morgan fingerprint density at radius 2 is 1.77 bits per heavy atom. The summed E-state index contributed by atoms with van der Waals surface area (Å²) in [5.41, 5.74) is 4.11. The van der Waals surface area contributed by atoms with Crippen LogP contribution in [0.1, 0.15) is 42.0 Å². The summed E-state index contributed by atoms with van der Waals surface area (Å²) in [7, 11) is -3.80. The average Bonchev–Trinajstić information content (AvgIpc) is 2.65. The summed E-state index contributed by atoms with van der Waals surface area (Å²) in [4.78, 5) is -0.178. The number of hydrogen-bond donors (Lipinski definition) is 1. The fourth-order valence-electron chi connectivity index (χ4n) is 3.37. The molecule has 0 radical (unpaired) electrons. The van der Waals surface area contributed by atoms with Gasteiger partial charge in [-0.2, -0.15) is 0 Å². The summed E-state index contributed by atoms with van der Waals surface area (Å²) in [5, 5.41) is 9.91. The summed E-state index contributed by atoms with van der Waals surface area (Å²) < 4.78 is 37.5. The number of phenolic OH excluding ortho intramolecular Hbond substituents is 1. The molecule has 3 rings (SSSR count). The molecule has 0 aromatic heterocycles. The highest BCUT2D eigenvalue weighted by atomic mass is 32.2. The Balaban J connectivity index is 0.000000248. The first kappa shape index (κ1) is 24.6. The van der Waals surface area contributed by atoms with Gasteiger partial charge >= 0.3 is 0 Å². The molecule has 0 fully saturated rings. The highest BCUT2D eigenvalue weighted by molar-refractivity contribution is 7.95. The van der Waals surface area contributed by atoms with Gasteiger partial charge in [0.25, 0.3) is 0 Å². The van der Waals surface area contributed by atoms with Crippen LogP contribution in [0.5, 0.6) is 11.5 Å². The van der Waals surface area contributed by atoms with Crippen LogP contribution in [0.2, 0.25) is 0 Å². The summed E-state index contributed by atoms with van der Waals surface area (Å²) in [5.74, 6) is 2.63. The maximum Gasteiger partial charge on any atom is 0.126 e. The summed E-state index contributed by atoms with van der Waals surface area (Å²) in [6.45, 7) is 8.05. The van der Waals surface area contributed by atoms with E-state index in [2.05, 4.69) is 19.4 Å². The molecule has 2 aromatic carbocycles. The first-order valence-corrected chi connectivity index (χ1v) is 13.5. The van der Waals surface area contributed by atoms with Gasteiger partial charge in [-0.15, -0.1) is 0 Å². The molecule has 0 saturated carbocycles. The lowest BCUT2D eigenvalue weighted by Crippen LogP contribution is -2.38. The predicted molar refractivity (Wildman–Crippen MR) is 123 cm³/mol. The highest BCUT2D eigenvalue weighted by Gasteiger charge is 2.34. The topological polar surface area (TPSA) is 86.7 Å². The Hall–Kier alpha value is -1.70. The van der Waals surface area contributed by atoms with Crippen LogP contribution in [0.4, 0.5) is 0 Å². The van der Waals surface area contributed by atoms with Crippen molar-refractivity contribution < 1.29 is 22.8 Å². The SMILES string of the molecule is Cc1cc(O)c(C)c2c1OC(C)(CC[S+](C)C)CC2.Cc1ccc(S(=O)(=O)[O-])cc1. The fourth-order valence-corrected chi connectivity index (χ4v) is 4.68. The van der Waals surface area contributed by atoms with E-state index in [4.69, 9.17) is 4.74 Å². The third-order valence-corrected chi connectivity index (χ3v) is 7.29. The largest absolute Gasteiger partial charge is 0.744 e. The molecule has 5 nitrogen and oxygen atoms in total. The maximum absolute atomic E-state index is 10.4. The Morgan fingerprint density at radius 1 is 1.17 bits per heavy atom. The van der Waals surface area contributed by atoms with E-state index in [0.29, 0.717) is 16.6 Å². The van der Waals surface area contributed by atoms with Crippen molar-refractivity contribution >= 4 is 21.0 Å². The van der Waals surface area contributed by atoms with Gasteiger partial charge in [0, 0.05) is 12.0 Å². The Bertz CT molecular complexity index is 982. The molecule has 0 amide bonds. The average molecular weight is 453 g/mol. The molecule has 30 heavy (non-hydrogen) atoms. The zero-order valence-electron chi connectivity index (χ0n) is 18.6. The Kier molecular flexibility index (Phi) is 7.88. The van der Waals surface area contributed by atoms with E-state index in [9.17, 15) is 18.1 Å². The second kappa shape index (κ2) is 9.62. The Labute approximate surface area is 183 Å². The number of ether oxygens (including phenoxy) is 1. The third kappa shape index (κ3) is 6.40. The van der Waals surface area contributed by atoms with Crippen LogP contribution >= 0.6 is 0 Å². The molecule has 1 heterocycles. The maximum atomic E-state index is 10.4. The normalized spacial score (nSPS) is 18.3. The Morgan fingerprint density at radius 3 is 2.30 bits per heavy atom. The second-order valence-corrected chi connectivity index (χ2v) is 12.2. The molecule has 0 bridgehead atoms. The number of hydrogen-bond acceptors (Lipinski definition) is 5. The molecule has 1 N–H and O–H groups in total. The molecule has 1 aliphatic rings. The molecule has 0 spiro atoms. The molecule has 166 valence electrons. The smallest absolute Gasteiger partial charge is 0.126 e. The minimum absolute atomic E-state index is 0.0432. The second-order valence-electron chi connectivity index (χ2n) is 8.40. The first-order chi connectivity index (χ1) is 13.8. The van der Waals surface area contributed by atoms with Crippen LogP contribution < -0.4 is 4.74 Å². The van der Waals surface area contributed by atoms with Crippen LogP contribution in [0, 0.1) is 20.8 Å². The van der Waals surface area contributed by atoms with E-state index >= 15 is 0 Å². The lowest BCUT2D eigenvalue weighted by Gasteiger charge is -2.37. The van der Waals surface area contributed by atoms with Gasteiger partial charge in [-0.3, -0.25) is 0 Å². The minimum Gasteiger partial charge on any atom is -0.744 e.